The second-order valence-corrected chi connectivity index (χ2v) is 5.29. The van der Waals surface area contributed by atoms with Crippen LogP contribution in [0.3, 0.4) is 0 Å². The molecule has 1 aromatic carbocycles. The minimum absolute atomic E-state index is 0.0332. The molecule has 1 fully saturated rings. The molecule has 1 heterocycles. The van der Waals surface area contributed by atoms with Gasteiger partial charge >= 0.3 is 0 Å². The monoisotopic (exact) mass is 260 g/mol. The van der Waals surface area contributed by atoms with Gasteiger partial charge in [0.2, 0.25) is 5.91 Å². The van der Waals surface area contributed by atoms with Crippen LogP contribution in [0.4, 0.5) is 0 Å². The molecule has 2 N–H and O–H groups in total. The number of amides is 1. The van der Waals surface area contributed by atoms with E-state index in [1.807, 2.05) is 44.2 Å². The molecular formula is C15H20N2O2. The van der Waals surface area contributed by atoms with Crippen LogP contribution in [0.2, 0.25) is 0 Å². The smallest absolute Gasteiger partial charge is 0.224 e. The van der Waals surface area contributed by atoms with E-state index < -0.39 is 0 Å². The van der Waals surface area contributed by atoms with E-state index in [1.54, 1.807) is 0 Å². The van der Waals surface area contributed by atoms with E-state index in [9.17, 15) is 9.59 Å². The van der Waals surface area contributed by atoms with Gasteiger partial charge < -0.3 is 10.6 Å². The molecule has 1 aliphatic heterocycles. The lowest BCUT2D eigenvalue weighted by Crippen LogP contribution is -2.36. The molecule has 2 atom stereocenters. The van der Waals surface area contributed by atoms with Gasteiger partial charge in [-0.3, -0.25) is 9.59 Å². The van der Waals surface area contributed by atoms with E-state index in [0.29, 0.717) is 18.5 Å². The lowest BCUT2D eigenvalue weighted by Gasteiger charge is -2.13. The normalized spacial score (nSPS) is 22.5. The highest BCUT2D eigenvalue weighted by Gasteiger charge is 2.33. The fourth-order valence-corrected chi connectivity index (χ4v) is 2.34. The Balaban J connectivity index is 1.95. The fourth-order valence-electron chi connectivity index (χ4n) is 2.34. The van der Waals surface area contributed by atoms with Crippen molar-refractivity contribution >= 4 is 11.7 Å². The third-order valence-corrected chi connectivity index (χ3v) is 3.31. The lowest BCUT2D eigenvalue weighted by molar-refractivity contribution is -0.124. The number of rotatable bonds is 4. The lowest BCUT2D eigenvalue weighted by atomic mass is 9.98. The van der Waals surface area contributed by atoms with Crippen LogP contribution in [0.5, 0.6) is 0 Å². The van der Waals surface area contributed by atoms with Crippen molar-refractivity contribution in [1.82, 2.24) is 10.6 Å². The molecule has 1 amide bonds. The van der Waals surface area contributed by atoms with Crippen LogP contribution in [0.25, 0.3) is 0 Å². The third-order valence-electron chi connectivity index (χ3n) is 3.31. The second-order valence-electron chi connectivity index (χ2n) is 5.29. The molecule has 1 aromatic rings. The predicted octanol–water partition coefficient (Wildman–Crippen LogP) is 1.37. The molecular weight excluding hydrogens is 240 g/mol. The highest BCUT2D eigenvalue weighted by Crippen LogP contribution is 2.18. The van der Waals surface area contributed by atoms with Crippen molar-refractivity contribution in [3.63, 3.8) is 0 Å². The third kappa shape index (κ3) is 3.41. The zero-order valence-corrected chi connectivity index (χ0v) is 11.3. The number of benzene rings is 1. The van der Waals surface area contributed by atoms with Crippen LogP contribution in [-0.4, -0.2) is 30.3 Å². The summed E-state index contributed by atoms with van der Waals surface area (Å²) in [5.41, 5.74) is 0.699. The molecule has 0 bridgehead atoms. The summed E-state index contributed by atoms with van der Waals surface area (Å²) in [6.45, 7) is 4.45. The van der Waals surface area contributed by atoms with E-state index in [2.05, 4.69) is 10.6 Å². The maximum atomic E-state index is 12.2. The van der Waals surface area contributed by atoms with E-state index in [4.69, 9.17) is 0 Å². The Bertz CT molecular complexity index is 456. The van der Waals surface area contributed by atoms with E-state index in [-0.39, 0.29) is 29.7 Å². The highest BCUT2D eigenvalue weighted by atomic mass is 16.2. The van der Waals surface area contributed by atoms with Crippen molar-refractivity contribution in [2.24, 2.45) is 5.92 Å². The van der Waals surface area contributed by atoms with Crippen molar-refractivity contribution in [3.05, 3.63) is 35.9 Å². The van der Waals surface area contributed by atoms with Gasteiger partial charge in [-0.2, -0.15) is 0 Å². The molecule has 4 heteroatoms. The molecule has 0 spiro atoms. The summed E-state index contributed by atoms with van der Waals surface area (Å²) in [6.07, 6.45) is 0.576. The molecule has 0 aromatic heterocycles. The van der Waals surface area contributed by atoms with Gasteiger partial charge in [-0.15, -0.1) is 0 Å². The van der Waals surface area contributed by atoms with Gasteiger partial charge in [0.1, 0.15) is 0 Å². The van der Waals surface area contributed by atoms with Gasteiger partial charge in [-0.1, -0.05) is 30.3 Å². The van der Waals surface area contributed by atoms with E-state index in [0.717, 1.165) is 0 Å². The van der Waals surface area contributed by atoms with E-state index in [1.165, 1.54) is 0 Å². The summed E-state index contributed by atoms with van der Waals surface area (Å²) in [5.74, 6) is -0.00799. The van der Waals surface area contributed by atoms with Crippen LogP contribution in [0.15, 0.2) is 30.3 Å². The SMILES string of the molecule is CC(C)NC(=O)C1CNC(C(=O)c2ccccc2)C1. The molecule has 19 heavy (non-hydrogen) atoms. The number of carbonyl (C=O) groups is 2. The topological polar surface area (TPSA) is 58.2 Å². The van der Waals surface area contributed by atoms with Gasteiger partial charge in [-0.05, 0) is 20.3 Å². The number of carbonyl (C=O) groups excluding carboxylic acids is 2. The van der Waals surface area contributed by atoms with Gasteiger partial charge in [0.15, 0.2) is 5.78 Å². The number of hydrogen-bond donors (Lipinski definition) is 2. The first kappa shape index (κ1) is 13.7. The molecule has 0 radical (unpaired) electrons. The average molecular weight is 260 g/mol. The average Bonchev–Trinajstić information content (AvgIpc) is 2.88. The summed E-state index contributed by atoms with van der Waals surface area (Å²) < 4.78 is 0. The largest absolute Gasteiger partial charge is 0.354 e. The number of hydrogen-bond acceptors (Lipinski definition) is 3. The van der Waals surface area contributed by atoms with Gasteiger partial charge in [0.05, 0.1) is 12.0 Å². The molecule has 102 valence electrons. The van der Waals surface area contributed by atoms with Crippen LogP contribution in [0, 0.1) is 5.92 Å². The summed E-state index contributed by atoms with van der Waals surface area (Å²) in [7, 11) is 0. The van der Waals surface area contributed by atoms with Crippen molar-refractivity contribution in [3.8, 4) is 0 Å². The molecule has 0 saturated carbocycles. The Labute approximate surface area is 113 Å². The van der Waals surface area contributed by atoms with E-state index >= 15 is 0 Å². The Morgan fingerprint density at radius 1 is 1.26 bits per heavy atom. The van der Waals surface area contributed by atoms with Crippen molar-refractivity contribution in [2.45, 2.75) is 32.4 Å². The van der Waals surface area contributed by atoms with Crippen LogP contribution >= 0.6 is 0 Å². The Hall–Kier alpha value is -1.68. The van der Waals surface area contributed by atoms with Crippen molar-refractivity contribution < 1.29 is 9.59 Å². The molecule has 4 nitrogen and oxygen atoms in total. The summed E-state index contributed by atoms with van der Waals surface area (Å²) in [5, 5.41) is 6.04. The minimum Gasteiger partial charge on any atom is -0.354 e. The van der Waals surface area contributed by atoms with Crippen molar-refractivity contribution in [1.29, 1.82) is 0 Å². The van der Waals surface area contributed by atoms with Crippen LogP contribution in [0.1, 0.15) is 30.6 Å². The molecule has 0 aliphatic carbocycles. The zero-order valence-electron chi connectivity index (χ0n) is 11.3. The first-order valence-electron chi connectivity index (χ1n) is 6.71. The summed E-state index contributed by atoms with van der Waals surface area (Å²) in [4.78, 5) is 24.1. The molecule has 1 aliphatic rings. The summed E-state index contributed by atoms with van der Waals surface area (Å²) >= 11 is 0. The Kier molecular flexibility index (Phi) is 4.32. The molecule has 2 unspecified atom stereocenters. The molecule has 2 rings (SSSR count). The minimum atomic E-state index is -0.245. The first-order valence-corrected chi connectivity index (χ1v) is 6.71. The van der Waals surface area contributed by atoms with Crippen LogP contribution in [-0.2, 0) is 4.79 Å². The van der Waals surface area contributed by atoms with Gasteiger partial charge in [0.25, 0.3) is 0 Å². The quantitative estimate of drug-likeness (QED) is 0.804. The van der Waals surface area contributed by atoms with Crippen LogP contribution < -0.4 is 10.6 Å². The number of ketones is 1. The number of Topliss-reactive ketones (excluding diaryl/α,β-unsaturated/α-hetero) is 1. The fraction of sp³-hybridized carbons (Fsp3) is 0.467. The maximum absolute atomic E-state index is 12.2. The Morgan fingerprint density at radius 2 is 1.95 bits per heavy atom. The zero-order chi connectivity index (χ0) is 13.8. The maximum Gasteiger partial charge on any atom is 0.224 e. The highest BCUT2D eigenvalue weighted by molar-refractivity contribution is 6.00. The van der Waals surface area contributed by atoms with Gasteiger partial charge in [-0.25, -0.2) is 0 Å². The number of nitrogens with one attached hydrogen (secondary N) is 2. The predicted molar refractivity (Wildman–Crippen MR) is 73.9 cm³/mol. The first-order chi connectivity index (χ1) is 9.08. The second kappa shape index (κ2) is 5.97. The van der Waals surface area contributed by atoms with Crippen molar-refractivity contribution in [2.75, 3.05) is 6.54 Å². The summed E-state index contributed by atoms with van der Waals surface area (Å²) in [6, 6.07) is 9.10. The van der Waals surface area contributed by atoms with Gasteiger partial charge in [0, 0.05) is 18.2 Å². The molecule has 1 saturated heterocycles. The Morgan fingerprint density at radius 3 is 2.58 bits per heavy atom. The standard InChI is InChI=1S/C15H20N2O2/c1-10(2)17-15(19)12-8-13(16-9-12)14(18)11-6-4-3-5-7-11/h3-7,10,12-13,16H,8-9H2,1-2H3,(H,17,19).